The molecule has 0 spiro atoms. The molecular weight excluding hydrogens is 320 g/mol. The molecule has 1 aromatic rings. The standard InChI is InChI=1S/C17H34N6S/c1-13(2)8-9-14(3)20-17(18-10-7-11-24-6)19-12-16-22-21-15(4)23(16)5/h13-14H,7-12H2,1-6H3,(H2,18,19,20). The molecule has 0 aliphatic heterocycles. The summed E-state index contributed by atoms with van der Waals surface area (Å²) in [4.78, 5) is 4.70. The zero-order chi connectivity index (χ0) is 17.9. The molecule has 138 valence electrons. The van der Waals surface area contributed by atoms with Crippen LogP contribution in [0, 0.1) is 12.8 Å². The van der Waals surface area contributed by atoms with Crippen LogP contribution in [-0.2, 0) is 13.6 Å². The maximum Gasteiger partial charge on any atom is 0.191 e. The lowest BCUT2D eigenvalue weighted by Gasteiger charge is -2.19. The molecule has 2 N–H and O–H groups in total. The number of aliphatic imine (C=N–C) groups is 1. The normalized spacial score (nSPS) is 13.4. The van der Waals surface area contributed by atoms with Gasteiger partial charge in [0.15, 0.2) is 11.8 Å². The summed E-state index contributed by atoms with van der Waals surface area (Å²) in [5.74, 6) is 4.55. The molecule has 1 aromatic heterocycles. The first kappa shape index (κ1) is 20.8. The van der Waals surface area contributed by atoms with Crippen LogP contribution in [0.25, 0.3) is 0 Å². The van der Waals surface area contributed by atoms with Crippen molar-refractivity contribution in [2.45, 2.75) is 59.5 Å². The zero-order valence-electron chi connectivity index (χ0n) is 16.1. The first-order chi connectivity index (χ1) is 11.4. The molecule has 0 amide bonds. The lowest BCUT2D eigenvalue weighted by molar-refractivity contribution is 0.488. The molecule has 0 bridgehead atoms. The molecular formula is C17H34N6S. The fourth-order valence-corrected chi connectivity index (χ4v) is 2.64. The van der Waals surface area contributed by atoms with Crippen molar-refractivity contribution in [2.75, 3.05) is 18.6 Å². The Kier molecular flexibility index (Phi) is 9.83. The second-order valence-electron chi connectivity index (χ2n) is 6.68. The Morgan fingerprint density at radius 1 is 1.25 bits per heavy atom. The number of nitrogens with zero attached hydrogens (tertiary/aromatic N) is 4. The molecule has 1 heterocycles. The van der Waals surface area contributed by atoms with Gasteiger partial charge >= 0.3 is 0 Å². The molecule has 1 atom stereocenters. The summed E-state index contributed by atoms with van der Waals surface area (Å²) in [5, 5.41) is 15.2. The second-order valence-corrected chi connectivity index (χ2v) is 7.66. The first-order valence-corrected chi connectivity index (χ1v) is 10.2. The molecule has 6 nitrogen and oxygen atoms in total. The Morgan fingerprint density at radius 3 is 2.58 bits per heavy atom. The molecule has 0 fully saturated rings. The zero-order valence-corrected chi connectivity index (χ0v) is 16.9. The number of thioether (sulfide) groups is 1. The molecule has 0 aliphatic carbocycles. The predicted octanol–water partition coefficient (Wildman–Crippen LogP) is 2.74. The molecule has 0 saturated heterocycles. The van der Waals surface area contributed by atoms with Gasteiger partial charge < -0.3 is 15.2 Å². The SMILES string of the molecule is CSCCCNC(=NCc1nnc(C)n1C)NC(C)CCC(C)C. The molecule has 24 heavy (non-hydrogen) atoms. The maximum atomic E-state index is 4.70. The van der Waals surface area contributed by atoms with E-state index in [0.29, 0.717) is 12.6 Å². The maximum absolute atomic E-state index is 4.70. The van der Waals surface area contributed by atoms with Gasteiger partial charge in [-0.25, -0.2) is 4.99 Å². The van der Waals surface area contributed by atoms with E-state index in [2.05, 4.69) is 47.9 Å². The van der Waals surface area contributed by atoms with Gasteiger partial charge in [-0.2, -0.15) is 11.8 Å². The van der Waals surface area contributed by atoms with Crippen molar-refractivity contribution in [1.29, 1.82) is 0 Å². The Morgan fingerprint density at radius 2 is 2.00 bits per heavy atom. The smallest absolute Gasteiger partial charge is 0.191 e. The molecule has 0 aliphatic rings. The lowest BCUT2D eigenvalue weighted by Crippen LogP contribution is -2.43. The van der Waals surface area contributed by atoms with Gasteiger partial charge in [0.05, 0.1) is 0 Å². The van der Waals surface area contributed by atoms with Crippen LogP contribution in [0.2, 0.25) is 0 Å². The van der Waals surface area contributed by atoms with Gasteiger partial charge in [-0.15, -0.1) is 10.2 Å². The van der Waals surface area contributed by atoms with Gasteiger partial charge in [0.1, 0.15) is 12.4 Å². The summed E-state index contributed by atoms with van der Waals surface area (Å²) in [6.07, 6.45) is 5.63. The first-order valence-electron chi connectivity index (χ1n) is 8.82. The molecule has 0 saturated carbocycles. The third-order valence-electron chi connectivity index (χ3n) is 3.94. The van der Waals surface area contributed by atoms with Crippen LogP contribution in [0.15, 0.2) is 4.99 Å². The fraction of sp³-hybridized carbons (Fsp3) is 0.824. The Hall–Kier alpha value is -1.24. The highest BCUT2D eigenvalue weighted by molar-refractivity contribution is 7.98. The van der Waals surface area contributed by atoms with Gasteiger partial charge in [0.2, 0.25) is 0 Å². The average molecular weight is 355 g/mol. The van der Waals surface area contributed by atoms with E-state index in [-0.39, 0.29) is 0 Å². The second kappa shape index (κ2) is 11.3. The third-order valence-corrected chi connectivity index (χ3v) is 4.64. The molecule has 1 rings (SSSR count). The third kappa shape index (κ3) is 8.04. The van der Waals surface area contributed by atoms with Crippen molar-refractivity contribution in [3.05, 3.63) is 11.6 Å². The van der Waals surface area contributed by atoms with Crippen molar-refractivity contribution in [3.63, 3.8) is 0 Å². The van der Waals surface area contributed by atoms with E-state index in [1.54, 1.807) is 0 Å². The molecule has 1 unspecified atom stereocenters. The van der Waals surface area contributed by atoms with E-state index in [9.17, 15) is 0 Å². The molecule has 7 heteroatoms. The summed E-state index contributed by atoms with van der Waals surface area (Å²) >= 11 is 1.87. The van der Waals surface area contributed by atoms with Crippen LogP contribution in [0.3, 0.4) is 0 Å². The molecule has 0 radical (unpaired) electrons. The minimum Gasteiger partial charge on any atom is -0.356 e. The summed E-state index contributed by atoms with van der Waals surface area (Å²) in [5.41, 5.74) is 0. The Labute approximate surface area is 151 Å². The highest BCUT2D eigenvalue weighted by atomic mass is 32.2. The van der Waals surface area contributed by atoms with E-state index in [1.165, 1.54) is 6.42 Å². The minimum atomic E-state index is 0.403. The predicted molar refractivity (Wildman–Crippen MR) is 105 cm³/mol. The average Bonchev–Trinajstić information content (AvgIpc) is 2.86. The number of aromatic nitrogens is 3. The highest BCUT2D eigenvalue weighted by Crippen LogP contribution is 2.06. The fourth-order valence-electron chi connectivity index (χ4n) is 2.20. The van der Waals surface area contributed by atoms with Gasteiger partial charge in [-0.3, -0.25) is 0 Å². The van der Waals surface area contributed by atoms with E-state index in [0.717, 1.165) is 48.7 Å². The van der Waals surface area contributed by atoms with Crippen LogP contribution in [0.5, 0.6) is 0 Å². The molecule has 0 aromatic carbocycles. The van der Waals surface area contributed by atoms with Gasteiger partial charge in [0.25, 0.3) is 0 Å². The summed E-state index contributed by atoms with van der Waals surface area (Å²) in [6, 6.07) is 0.403. The van der Waals surface area contributed by atoms with Crippen LogP contribution in [0.1, 0.15) is 51.7 Å². The van der Waals surface area contributed by atoms with Gasteiger partial charge in [-0.05, 0) is 51.0 Å². The summed E-state index contributed by atoms with van der Waals surface area (Å²) < 4.78 is 1.98. The Balaban J connectivity index is 2.61. The number of nitrogens with one attached hydrogen (secondary N) is 2. The largest absolute Gasteiger partial charge is 0.356 e. The highest BCUT2D eigenvalue weighted by Gasteiger charge is 2.08. The quantitative estimate of drug-likeness (QED) is 0.384. The lowest BCUT2D eigenvalue weighted by atomic mass is 10.0. The van der Waals surface area contributed by atoms with Crippen LogP contribution in [0.4, 0.5) is 0 Å². The van der Waals surface area contributed by atoms with Crippen molar-refractivity contribution in [3.8, 4) is 0 Å². The van der Waals surface area contributed by atoms with E-state index < -0.39 is 0 Å². The topological polar surface area (TPSA) is 67.1 Å². The number of guanidine groups is 1. The van der Waals surface area contributed by atoms with Crippen molar-refractivity contribution in [1.82, 2.24) is 25.4 Å². The minimum absolute atomic E-state index is 0.403. The Bertz CT molecular complexity index is 497. The van der Waals surface area contributed by atoms with Crippen molar-refractivity contribution >= 4 is 17.7 Å². The van der Waals surface area contributed by atoms with E-state index in [4.69, 9.17) is 4.99 Å². The van der Waals surface area contributed by atoms with E-state index >= 15 is 0 Å². The number of rotatable bonds is 10. The van der Waals surface area contributed by atoms with Crippen LogP contribution >= 0.6 is 11.8 Å². The van der Waals surface area contributed by atoms with Gasteiger partial charge in [-0.1, -0.05) is 13.8 Å². The number of hydrogen-bond donors (Lipinski definition) is 2. The van der Waals surface area contributed by atoms with Gasteiger partial charge in [0, 0.05) is 19.6 Å². The van der Waals surface area contributed by atoms with Crippen molar-refractivity contribution < 1.29 is 0 Å². The number of aryl methyl sites for hydroxylation is 1. The van der Waals surface area contributed by atoms with E-state index in [1.807, 2.05) is 30.3 Å². The summed E-state index contributed by atoms with van der Waals surface area (Å²) in [7, 11) is 1.98. The van der Waals surface area contributed by atoms with Crippen LogP contribution in [-0.4, -0.2) is 45.3 Å². The summed E-state index contributed by atoms with van der Waals surface area (Å²) in [6.45, 7) is 10.2. The van der Waals surface area contributed by atoms with Crippen LogP contribution < -0.4 is 10.6 Å². The monoisotopic (exact) mass is 354 g/mol. The van der Waals surface area contributed by atoms with Crippen molar-refractivity contribution in [2.24, 2.45) is 18.0 Å². The number of hydrogen-bond acceptors (Lipinski definition) is 4.